The van der Waals surface area contributed by atoms with E-state index in [0.717, 1.165) is 77.2 Å². The monoisotopic (exact) mass is 611 g/mol. The van der Waals surface area contributed by atoms with E-state index in [9.17, 15) is 10.5 Å². The molecule has 9 aromatic rings. The van der Waals surface area contributed by atoms with Crippen molar-refractivity contribution >= 4 is 43.6 Å². The van der Waals surface area contributed by atoms with Gasteiger partial charge < -0.3 is 9.13 Å². The fraction of sp³-hybridized carbons (Fsp3) is 0. The molecular weight excluding hydrogens is 587 g/mol. The topological polar surface area (TPSA) is 70.3 Å². The first kappa shape index (κ1) is 27.4. The van der Waals surface area contributed by atoms with Gasteiger partial charge in [-0.2, -0.15) is 10.5 Å². The number of fused-ring (bicyclic) bond motifs is 6. The van der Waals surface area contributed by atoms with Crippen molar-refractivity contribution < 1.29 is 0 Å². The first-order valence-corrected chi connectivity index (χ1v) is 15.7. The van der Waals surface area contributed by atoms with Crippen molar-refractivity contribution in [3.63, 3.8) is 0 Å². The van der Waals surface area contributed by atoms with Gasteiger partial charge in [0.1, 0.15) is 0 Å². The summed E-state index contributed by atoms with van der Waals surface area (Å²) in [5.74, 6) is 0. The highest BCUT2D eigenvalue weighted by molar-refractivity contribution is 6.11. The Morgan fingerprint density at radius 3 is 1.75 bits per heavy atom. The zero-order valence-electron chi connectivity index (χ0n) is 25.7. The number of benzene rings is 6. The smallest absolute Gasteiger partial charge is 0.0991 e. The average molecular weight is 612 g/mol. The maximum Gasteiger partial charge on any atom is 0.0991 e. The van der Waals surface area contributed by atoms with Gasteiger partial charge in [-0.15, -0.1) is 0 Å². The van der Waals surface area contributed by atoms with Crippen LogP contribution in [0.2, 0.25) is 0 Å². The molecule has 5 heteroatoms. The summed E-state index contributed by atoms with van der Waals surface area (Å²) in [6, 6.07) is 52.3. The van der Waals surface area contributed by atoms with Gasteiger partial charge >= 0.3 is 0 Å². The minimum absolute atomic E-state index is 0.622. The summed E-state index contributed by atoms with van der Waals surface area (Å²) in [4.78, 5) is 4.54. The summed E-state index contributed by atoms with van der Waals surface area (Å²) in [6.07, 6.45) is 3.78. The van der Waals surface area contributed by atoms with Gasteiger partial charge in [-0.3, -0.25) is 4.98 Å². The van der Waals surface area contributed by atoms with Crippen molar-refractivity contribution in [2.75, 3.05) is 0 Å². The Bertz CT molecular complexity index is 2770. The predicted molar refractivity (Wildman–Crippen MR) is 193 cm³/mol. The Morgan fingerprint density at radius 1 is 0.438 bits per heavy atom. The molecule has 48 heavy (non-hydrogen) atoms. The van der Waals surface area contributed by atoms with E-state index in [1.54, 1.807) is 0 Å². The molecule has 6 aromatic carbocycles. The molecule has 5 nitrogen and oxygen atoms in total. The van der Waals surface area contributed by atoms with Gasteiger partial charge in [0.25, 0.3) is 0 Å². The summed E-state index contributed by atoms with van der Waals surface area (Å²) in [5.41, 5.74) is 11.6. The third kappa shape index (κ3) is 4.20. The van der Waals surface area contributed by atoms with Crippen LogP contribution in [0.25, 0.3) is 77.2 Å². The van der Waals surface area contributed by atoms with Crippen molar-refractivity contribution in [2.45, 2.75) is 0 Å². The number of para-hydroxylation sites is 2. The normalized spacial score (nSPS) is 11.3. The van der Waals surface area contributed by atoms with Gasteiger partial charge in [0.15, 0.2) is 0 Å². The Kier molecular flexibility index (Phi) is 6.18. The van der Waals surface area contributed by atoms with Gasteiger partial charge in [0.05, 0.1) is 51.5 Å². The highest BCUT2D eigenvalue weighted by Crippen LogP contribution is 2.40. The lowest BCUT2D eigenvalue weighted by molar-refractivity contribution is 1.13. The molecule has 0 saturated heterocycles. The van der Waals surface area contributed by atoms with Crippen LogP contribution >= 0.6 is 0 Å². The van der Waals surface area contributed by atoms with Crippen molar-refractivity contribution in [1.29, 1.82) is 10.5 Å². The number of pyridine rings is 1. The lowest BCUT2D eigenvalue weighted by Crippen LogP contribution is -2.00. The minimum Gasteiger partial charge on any atom is -0.309 e. The van der Waals surface area contributed by atoms with Crippen LogP contribution in [0.15, 0.2) is 152 Å². The molecule has 9 rings (SSSR count). The van der Waals surface area contributed by atoms with Crippen LogP contribution in [0.5, 0.6) is 0 Å². The van der Waals surface area contributed by atoms with Crippen LogP contribution in [-0.2, 0) is 0 Å². The average Bonchev–Trinajstić information content (AvgIpc) is 3.67. The maximum atomic E-state index is 9.74. The predicted octanol–water partition coefficient (Wildman–Crippen LogP) is 10.4. The summed E-state index contributed by atoms with van der Waals surface area (Å²) >= 11 is 0. The largest absolute Gasteiger partial charge is 0.309 e. The van der Waals surface area contributed by atoms with Gasteiger partial charge in [0, 0.05) is 39.1 Å². The molecule has 3 aromatic heterocycles. The lowest BCUT2D eigenvalue weighted by atomic mass is 9.93. The van der Waals surface area contributed by atoms with E-state index in [1.165, 1.54) is 0 Å². The van der Waals surface area contributed by atoms with E-state index in [0.29, 0.717) is 11.1 Å². The van der Waals surface area contributed by atoms with Gasteiger partial charge in [-0.05, 0) is 89.0 Å². The highest BCUT2D eigenvalue weighted by Gasteiger charge is 2.19. The van der Waals surface area contributed by atoms with Crippen LogP contribution in [0.4, 0.5) is 0 Å². The van der Waals surface area contributed by atoms with Crippen molar-refractivity contribution in [1.82, 2.24) is 14.1 Å². The molecule has 0 saturated carbocycles. The highest BCUT2D eigenvalue weighted by atomic mass is 15.0. The van der Waals surface area contributed by atoms with Gasteiger partial charge in [0.2, 0.25) is 0 Å². The summed E-state index contributed by atoms with van der Waals surface area (Å²) in [7, 11) is 0. The number of hydrogen-bond acceptors (Lipinski definition) is 3. The van der Waals surface area contributed by atoms with Crippen LogP contribution in [-0.4, -0.2) is 14.1 Å². The summed E-state index contributed by atoms with van der Waals surface area (Å²) in [6.45, 7) is 0. The molecule has 0 aliphatic rings. The second-order valence-corrected chi connectivity index (χ2v) is 11.9. The summed E-state index contributed by atoms with van der Waals surface area (Å²) < 4.78 is 4.59. The molecule has 3 heterocycles. The first-order chi connectivity index (χ1) is 23.7. The molecule has 0 amide bonds. The third-order valence-corrected chi connectivity index (χ3v) is 9.24. The maximum absolute atomic E-state index is 9.74. The van der Waals surface area contributed by atoms with E-state index in [4.69, 9.17) is 0 Å². The number of hydrogen-bond donors (Lipinski definition) is 0. The zero-order valence-corrected chi connectivity index (χ0v) is 25.7. The molecule has 0 spiro atoms. The summed E-state index contributed by atoms with van der Waals surface area (Å²) in [5, 5.41) is 23.8. The van der Waals surface area contributed by atoms with Crippen molar-refractivity contribution in [3.8, 4) is 45.8 Å². The second kappa shape index (κ2) is 10.8. The minimum atomic E-state index is 0.622. The molecule has 0 bridgehead atoms. The quantitative estimate of drug-likeness (QED) is 0.199. The molecule has 0 aliphatic carbocycles. The third-order valence-electron chi connectivity index (χ3n) is 9.24. The Hall–Kier alpha value is -6.95. The lowest BCUT2D eigenvalue weighted by Gasteiger charge is -2.17. The van der Waals surface area contributed by atoms with Gasteiger partial charge in [-0.25, -0.2) is 0 Å². The second-order valence-electron chi connectivity index (χ2n) is 11.9. The molecular formula is C43H25N5. The SMILES string of the molecule is N#Cc1cccc(-c2ccccc2-c2cc(-n3c4ccccc4c4cc(C#N)ccc43)cc(-n3c4ccccc4c4ccncc43)c2)c1. The fourth-order valence-corrected chi connectivity index (χ4v) is 7.17. The fourth-order valence-electron chi connectivity index (χ4n) is 7.17. The molecule has 0 atom stereocenters. The Morgan fingerprint density at radius 2 is 1.02 bits per heavy atom. The molecule has 0 radical (unpaired) electrons. The Labute approximate surface area is 276 Å². The number of nitriles is 2. The van der Waals surface area contributed by atoms with Crippen molar-refractivity contribution in [2.24, 2.45) is 0 Å². The van der Waals surface area contributed by atoms with Crippen LogP contribution in [0.3, 0.4) is 0 Å². The van der Waals surface area contributed by atoms with E-state index >= 15 is 0 Å². The zero-order chi connectivity index (χ0) is 32.2. The molecule has 0 unspecified atom stereocenters. The van der Waals surface area contributed by atoms with Gasteiger partial charge in [-0.1, -0.05) is 72.8 Å². The van der Waals surface area contributed by atoms with E-state index in [2.05, 4.69) is 117 Å². The first-order valence-electron chi connectivity index (χ1n) is 15.7. The molecule has 0 aliphatic heterocycles. The van der Waals surface area contributed by atoms with E-state index < -0.39 is 0 Å². The van der Waals surface area contributed by atoms with Crippen LogP contribution < -0.4 is 0 Å². The molecule has 0 fully saturated rings. The Balaban J connectivity index is 1.40. The number of rotatable bonds is 4. The molecule has 222 valence electrons. The van der Waals surface area contributed by atoms with Crippen molar-refractivity contribution in [3.05, 3.63) is 163 Å². The van der Waals surface area contributed by atoms with Crippen LogP contribution in [0, 0.1) is 22.7 Å². The van der Waals surface area contributed by atoms with Crippen LogP contribution in [0.1, 0.15) is 11.1 Å². The standard InChI is InChI=1S/C43H25N5/c44-25-28-8-7-9-30(20-28)34-10-1-2-11-35(34)31-22-32(47-41-15-6-4-13-37(41)39-21-29(26-45)16-17-42(39)47)24-33(23-31)48-40-14-5-3-12-36(40)38-18-19-46-27-43(38)48/h1-24,27H. The van der Waals surface area contributed by atoms with E-state index in [1.807, 2.05) is 60.9 Å². The molecule has 0 N–H and O–H groups in total. The number of nitrogens with zero attached hydrogens (tertiary/aromatic N) is 5. The van der Waals surface area contributed by atoms with E-state index in [-0.39, 0.29) is 0 Å². The number of aromatic nitrogens is 3.